The van der Waals surface area contributed by atoms with Crippen LogP contribution in [0, 0.1) is 20.8 Å². The zero-order chi connectivity index (χ0) is 19.8. The topological polar surface area (TPSA) is 63.8 Å². The molecule has 4 nitrogen and oxygen atoms in total. The lowest BCUT2D eigenvalue weighted by Crippen LogP contribution is -2.02. The molecule has 0 spiro atoms. The normalized spacial score (nSPS) is 11.0. The predicted octanol–water partition coefficient (Wildman–Crippen LogP) is 6.31. The molecule has 0 aliphatic heterocycles. The molecule has 0 bridgehead atoms. The first-order valence-corrected chi connectivity index (χ1v) is 9.88. The summed E-state index contributed by atoms with van der Waals surface area (Å²) in [6.45, 7) is 6.43. The van der Waals surface area contributed by atoms with Gasteiger partial charge in [0.1, 0.15) is 5.82 Å². The van der Waals surface area contributed by atoms with Crippen molar-refractivity contribution in [3.8, 4) is 11.1 Å². The number of nitrogen functional groups attached to an aromatic ring is 1. The van der Waals surface area contributed by atoms with E-state index >= 15 is 0 Å². The molecule has 3 N–H and O–H groups in total. The Balaban J connectivity index is 1.88. The number of nitrogens with two attached hydrogens (primary N) is 1. The molecule has 4 aromatic rings. The van der Waals surface area contributed by atoms with Gasteiger partial charge in [-0.15, -0.1) is 0 Å². The lowest BCUT2D eigenvalue weighted by Gasteiger charge is -2.14. The van der Waals surface area contributed by atoms with Gasteiger partial charge in [0.25, 0.3) is 0 Å². The number of aromatic nitrogens is 2. The van der Waals surface area contributed by atoms with Gasteiger partial charge in [-0.25, -0.2) is 4.98 Å². The minimum absolute atomic E-state index is 0.250. The Labute approximate surface area is 173 Å². The van der Waals surface area contributed by atoms with Gasteiger partial charge in [-0.3, -0.25) is 0 Å². The lowest BCUT2D eigenvalue weighted by atomic mass is 9.93. The van der Waals surface area contributed by atoms with Crippen molar-refractivity contribution in [1.82, 2.24) is 9.97 Å². The van der Waals surface area contributed by atoms with E-state index in [9.17, 15) is 0 Å². The van der Waals surface area contributed by atoms with Crippen LogP contribution in [-0.2, 0) is 0 Å². The third-order valence-electron chi connectivity index (χ3n) is 4.77. The molecule has 0 atom stereocenters. The molecule has 0 radical (unpaired) electrons. The summed E-state index contributed by atoms with van der Waals surface area (Å²) in [4.78, 5) is 8.87. The van der Waals surface area contributed by atoms with Crippen LogP contribution < -0.4 is 11.1 Å². The second-order valence-corrected chi connectivity index (χ2v) is 7.99. The van der Waals surface area contributed by atoms with Crippen LogP contribution in [0.1, 0.15) is 16.7 Å². The van der Waals surface area contributed by atoms with Crippen molar-refractivity contribution in [1.29, 1.82) is 0 Å². The smallest absolute Gasteiger partial charge is 0.222 e. The van der Waals surface area contributed by atoms with Crippen LogP contribution in [0.4, 0.5) is 17.5 Å². The van der Waals surface area contributed by atoms with Gasteiger partial charge in [-0.2, -0.15) is 4.98 Å². The highest BCUT2D eigenvalue weighted by Gasteiger charge is 2.12. The van der Waals surface area contributed by atoms with Crippen LogP contribution in [0.2, 0.25) is 0 Å². The van der Waals surface area contributed by atoms with Crippen molar-refractivity contribution in [3.05, 3.63) is 75.8 Å². The van der Waals surface area contributed by atoms with Crippen molar-refractivity contribution < 1.29 is 0 Å². The second-order valence-electron chi connectivity index (χ2n) is 7.07. The fourth-order valence-corrected chi connectivity index (χ4v) is 4.13. The summed E-state index contributed by atoms with van der Waals surface area (Å²) in [6.07, 6.45) is 0. The Morgan fingerprint density at radius 1 is 0.893 bits per heavy atom. The van der Waals surface area contributed by atoms with E-state index in [1.165, 1.54) is 22.3 Å². The molecule has 0 fully saturated rings. The molecule has 1 aromatic heterocycles. The quantitative estimate of drug-likeness (QED) is 0.397. The number of benzene rings is 3. The molecule has 0 amide bonds. The molecule has 1 heterocycles. The van der Waals surface area contributed by atoms with Gasteiger partial charge >= 0.3 is 0 Å². The summed E-state index contributed by atoms with van der Waals surface area (Å²) in [6, 6.07) is 18.6. The Kier molecular flexibility index (Phi) is 4.77. The number of nitrogens with zero attached hydrogens (tertiary/aromatic N) is 2. The van der Waals surface area contributed by atoms with Gasteiger partial charge in [0.05, 0.1) is 5.52 Å². The largest absolute Gasteiger partial charge is 0.368 e. The first kappa shape index (κ1) is 18.4. The summed E-state index contributed by atoms with van der Waals surface area (Å²) in [7, 11) is 0. The molecule has 5 heteroatoms. The SMILES string of the molecule is Cc1cc(C)c(-c2ccc3nc(N)nc(Nc4cccc(Br)c4)c3c2)c(C)c1. The molecule has 28 heavy (non-hydrogen) atoms. The van der Waals surface area contributed by atoms with Gasteiger partial charge in [-0.1, -0.05) is 45.8 Å². The van der Waals surface area contributed by atoms with Crippen LogP contribution in [-0.4, -0.2) is 9.97 Å². The van der Waals surface area contributed by atoms with Crippen LogP contribution in [0.5, 0.6) is 0 Å². The Morgan fingerprint density at radius 2 is 1.64 bits per heavy atom. The molecular weight excluding hydrogens is 412 g/mol. The number of halogens is 1. The van der Waals surface area contributed by atoms with E-state index < -0.39 is 0 Å². The minimum Gasteiger partial charge on any atom is -0.368 e. The highest BCUT2D eigenvalue weighted by atomic mass is 79.9. The predicted molar refractivity (Wildman–Crippen MR) is 121 cm³/mol. The molecule has 140 valence electrons. The summed E-state index contributed by atoms with van der Waals surface area (Å²) >= 11 is 3.51. The van der Waals surface area contributed by atoms with Crippen LogP contribution in [0.25, 0.3) is 22.0 Å². The summed E-state index contributed by atoms with van der Waals surface area (Å²) in [5, 5.41) is 4.32. The summed E-state index contributed by atoms with van der Waals surface area (Å²) < 4.78 is 0.996. The van der Waals surface area contributed by atoms with E-state index in [2.05, 4.69) is 76.3 Å². The molecule has 0 aliphatic rings. The number of fused-ring (bicyclic) bond motifs is 1. The van der Waals surface area contributed by atoms with Crippen molar-refractivity contribution >= 4 is 44.3 Å². The highest BCUT2D eigenvalue weighted by Crippen LogP contribution is 2.33. The maximum atomic E-state index is 5.95. The number of nitrogens with one attached hydrogen (secondary N) is 1. The van der Waals surface area contributed by atoms with E-state index in [4.69, 9.17) is 5.73 Å². The van der Waals surface area contributed by atoms with Crippen molar-refractivity contribution in [2.75, 3.05) is 11.1 Å². The molecule has 0 unspecified atom stereocenters. The van der Waals surface area contributed by atoms with E-state index in [1.54, 1.807) is 0 Å². The summed E-state index contributed by atoms with van der Waals surface area (Å²) in [5.74, 6) is 0.949. The number of hydrogen-bond donors (Lipinski definition) is 2. The zero-order valence-electron chi connectivity index (χ0n) is 16.0. The van der Waals surface area contributed by atoms with Crippen molar-refractivity contribution in [3.63, 3.8) is 0 Å². The molecule has 4 rings (SSSR count). The lowest BCUT2D eigenvalue weighted by molar-refractivity contribution is 1.23. The standard InChI is InChI=1S/C23H21BrN4/c1-13-9-14(2)21(15(3)10-13)16-7-8-20-19(11-16)22(28-23(25)27-20)26-18-6-4-5-17(24)12-18/h4-12H,1-3H3,(H3,25,26,27,28). The van der Waals surface area contributed by atoms with Crippen molar-refractivity contribution in [2.24, 2.45) is 0 Å². The average Bonchev–Trinajstić information content (AvgIpc) is 2.61. The Morgan fingerprint density at radius 3 is 2.36 bits per heavy atom. The van der Waals surface area contributed by atoms with E-state index in [0.29, 0.717) is 5.82 Å². The maximum Gasteiger partial charge on any atom is 0.222 e. The van der Waals surface area contributed by atoms with E-state index in [1.807, 2.05) is 30.3 Å². The van der Waals surface area contributed by atoms with Gasteiger partial charge < -0.3 is 11.1 Å². The van der Waals surface area contributed by atoms with Gasteiger partial charge in [0.15, 0.2) is 0 Å². The Hall–Kier alpha value is -2.92. The number of hydrogen-bond acceptors (Lipinski definition) is 4. The molecular formula is C23H21BrN4. The van der Waals surface area contributed by atoms with Gasteiger partial charge in [0, 0.05) is 15.5 Å². The fourth-order valence-electron chi connectivity index (χ4n) is 3.74. The van der Waals surface area contributed by atoms with Gasteiger partial charge in [-0.05, 0) is 73.4 Å². The average molecular weight is 433 g/mol. The summed E-state index contributed by atoms with van der Waals surface area (Å²) in [5.41, 5.74) is 13.9. The molecule has 3 aromatic carbocycles. The molecule has 0 saturated heterocycles. The first-order chi connectivity index (χ1) is 13.4. The van der Waals surface area contributed by atoms with Crippen LogP contribution in [0.3, 0.4) is 0 Å². The number of aryl methyl sites for hydroxylation is 3. The van der Waals surface area contributed by atoms with Crippen molar-refractivity contribution in [2.45, 2.75) is 20.8 Å². The second kappa shape index (κ2) is 7.24. The number of rotatable bonds is 3. The number of anilines is 3. The van der Waals surface area contributed by atoms with Gasteiger partial charge in [0.2, 0.25) is 5.95 Å². The highest BCUT2D eigenvalue weighted by molar-refractivity contribution is 9.10. The third kappa shape index (κ3) is 3.58. The van der Waals surface area contributed by atoms with Crippen LogP contribution >= 0.6 is 15.9 Å². The monoisotopic (exact) mass is 432 g/mol. The fraction of sp³-hybridized carbons (Fsp3) is 0.130. The molecule has 0 saturated carbocycles. The van der Waals surface area contributed by atoms with E-state index in [0.717, 1.165) is 26.6 Å². The van der Waals surface area contributed by atoms with Crippen LogP contribution in [0.15, 0.2) is 59.1 Å². The third-order valence-corrected chi connectivity index (χ3v) is 5.26. The molecule has 0 aliphatic carbocycles. The maximum absolute atomic E-state index is 5.95. The Bertz CT molecular complexity index is 1180. The van der Waals surface area contributed by atoms with E-state index in [-0.39, 0.29) is 5.95 Å². The first-order valence-electron chi connectivity index (χ1n) is 9.09. The minimum atomic E-state index is 0.250. The zero-order valence-corrected chi connectivity index (χ0v) is 17.6.